The maximum absolute atomic E-state index is 13.1. The van der Waals surface area contributed by atoms with Crippen LogP contribution in [0.2, 0.25) is 0 Å². The molecule has 0 spiro atoms. The van der Waals surface area contributed by atoms with Crippen molar-refractivity contribution < 1.29 is 23.1 Å². The molecule has 2 fully saturated rings. The molecular formula is C24H32F3N5O2. The zero-order valence-corrected chi connectivity index (χ0v) is 19.5. The van der Waals surface area contributed by atoms with E-state index in [0.29, 0.717) is 17.5 Å². The summed E-state index contributed by atoms with van der Waals surface area (Å²) in [6, 6.07) is 3.83. The number of hydrogen-bond acceptors (Lipinski definition) is 6. The molecule has 1 aliphatic heterocycles. The van der Waals surface area contributed by atoms with Crippen molar-refractivity contribution in [2.75, 3.05) is 25.0 Å². The predicted octanol–water partition coefficient (Wildman–Crippen LogP) is 3.44. The van der Waals surface area contributed by atoms with Crippen LogP contribution in [-0.4, -0.2) is 63.7 Å². The monoisotopic (exact) mass is 479 g/mol. The van der Waals surface area contributed by atoms with Crippen molar-refractivity contribution in [2.24, 2.45) is 11.8 Å². The molecule has 1 saturated heterocycles. The van der Waals surface area contributed by atoms with Gasteiger partial charge in [0.2, 0.25) is 5.91 Å². The molecule has 0 unspecified atom stereocenters. The van der Waals surface area contributed by atoms with Crippen LogP contribution in [0.4, 0.5) is 19.0 Å². The molecule has 3 N–H and O–H groups in total. The maximum Gasteiger partial charge on any atom is 0.416 e. The lowest BCUT2D eigenvalue weighted by atomic mass is 9.78. The van der Waals surface area contributed by atoms with Gasteiger partial charge in [-0.1, -0.05) is 13.8 Å². The molecule has 1 atom stereocenters. The summed E-state index contributed by atoms with van der Waals surface area (Å²) in [5.74, 6) is 0.629. The summed E-state index contributed by atoms with van der Waals surface area (Å²) >= 11 is 0. The van der Waals surface area contributed by atoms with Crippen molar-refractivity contribution in [2.45, 2.75) is 63.9 Å². The third-order valence-corrected chi connectivity index (χ3v) is 7.08. The predicted molar refractivity (Wildman–Crippen MR) is 123 cm³/mol. The molecule has 1 saturated carbocycles. The molecule has 1 aliphatic carbocycles. The summed E-state index contributed by atoms with van der Waals surface area (Å²) in [7, 11) is 0. The molecule has 2 aromatic rings. The Bertz CT molecular complexity index is 1000. The standard InChI is InChI=1S/C24H32F3N5O2/c1-14(2)22(34)15-3-6-18(7-4-15)32-11-17(12-32)31-21(33)10-28-23-19-9-16(24(25,26)27)5-8-20(19)29-13-30-23/h5,8-9,13-15,17-18,22,34H,3-4,6-7,10-12H2,1-2H3,(H,31,33)(H,28,29,30)/t15-,18-,22-/m1/s1. The second-order valence-electron chi connectivity index (χ2n) is 9.83. The molecule has 7 nitrogen and oxygen atoms in total. The van der Waals surface area contributed by atoms with E-state index in [1.54, 1.807) is 0 Å². The van der Waals surface area contributed by atoms with Crippen LogP contribution in [-0.2, 0) is 11.0 Å². The van der Waals surface area contributed by atoms with Gasteiger partial charge in [0.05, 0.1) is 29.8 Å². The van der Waals surface area contributed by atoms with E-state index in [1.807, 2.05) is 0 Å². The number of rotatable bonds is 7. The fourth-order valence-corrected chi connectivity index (χ4v) is 5.07. The normalized spacial score (nSPS) is 23.0. The lowest BCUT2D eigenvalue weighted by Gasteiger charge is -2.47. The smallest absolute Gasteiger partial charge is 0.393 e. The van der Waals surface area contributed by atoms with Crippen molar-refractivity contribution in [1.82, 2.24) is 20.2 Å². The molecule has 0 radical (unpaired) electrons. The molecule has 1 aromatic carbocycles. The molecule has 186 valence electrons. The highest BCUT2D eigenvalue weighted by molar-refractivity contribution is 5.91. The number of halogens is 3. The Kier molecular flexibility index (Phi) is 7.28. The van der Waals surface area contributed by atoms with E-state index in [1.165, 1.54) is 12.4 Å². The maximum atomic E-state index is 13.1. The van der Waals surface area contributed by atoms with Crippen molar-refractivity contribution >= 4 is 22.6 Å². The minimum absolute atomic E-state index is 0.0623. The highest BCUT2D eigenvalue weighted by Crippen LogP contribution is 2.34. The molecule has 4 rings (SSSR count). The van der Waals surface area contributed by atoms with Gasteiger partial charge in [0.15, 0.2) is 0 Å². The summed E-state index contributed by atoms with van der Waals surface area (Å²) in [5.41, 5.74) is -0.416. The van der Waals surface area contributed by atoms with Gasteiger partial charge in [-0.05, 0) is 55.7 Å². The number of aromatic nitrogens is 2. The first-order valence-electron chi connectivity index (χ1n) is 11.9. The molecule has 10 heteroatoms. The van der Waals surface area contributed by atoms with E-state index in [4.69, 9.17) is 0 Å². The largest absolute Gasteiger partial charge is 0.416 e. The van der Waals surface area contributed by atoms with Crippen LogP contribution in [0, 0.1) is 11.8 Å². The minimum atomic E-state index is -4.47. The average Bonchev–Trinajstić information content (AvgIpc) is 2.78. The van der Waals surface area contributed by atoms with Crippen molar-refractivity contribution in [1.29, 1.82) is 0 Å². The number of amides is 1. The van der Waals surface area contributed by atoms with Crippen LogP contribution >= 0.6 is 0 Å². The quantitative estimate of drug-likeness (QED) is 0.564. The fourth-order valence-electron chi connectivity index (χ4n) is 5.07. The Balaban J connectivity index is 1.24. The number of carbonyl (C=O) groups is 1. The Morgan fingerprint density at radius 3 is 2.53 bits per heavy atom. The van der Waals surface area contributed by atoms with E-state index in [2.05, 4.69) is 39.3 Å². The summed E-state index contributed by atoms with van der Waals surface area (Å²) in [5, 5.41) is 16.4. The van der Waals surface area contributed by atoms with Gasteiger partial charge in [-0.25, -0.2) is 9.97 Å². The second-order valence-corrected chi connectivity index (χ2v) is 9.83. The molecular weight excluding hydrogens is 447 g/mol. The number of anilines is 1. The number of likely N-dealkylation sites (tertiary alicyclic amines) is 1. The summed E-state index contributed by atoms with van der Waals surface area (Å²) < 4.78 is 39.2. The van der Waals surface area contributed by atoms with Gasteiger partial charge >= 0.3 is 6.18 Å². The molecule has 2 aliphatic rings. The Hall–Kier alpha value is -2.46. The number of fused-ring (bicyclic) bond motifs is 1. The van der Waals surface area contributed by atoms with Gasteiger partial charge in [0, 0.05) is 24.5 Å². The van der Waals surface area contributed by atoms with E-state index in [-0.39, 0.29) is 41.7 Å². The fraction of sp³-hybridized carbons (Fsp3) is 0.625. The first-order chi connectivity index (χ1) is 16.1. The van der Waals surface area contributed by atoms with Crippen LogP contribution in [0.3, 0.4) is 0 Å². The van der Waals surface area contributed by atoms with Crippen LogP contribution in [0.15, 0.2) is 24.5 Å². The number of hydrogen-bond donors (Lipinski definition) is 3. The van der Waals surface area contributed by atoms with Crippen LogP contribution < -0.4 is 10.6 Å². The number of nitrogens with one attached hydrogen (secondary N) is 2. The lowest BCUT2D eigenvalue weighted by Crippen LogP contribution is -2.63. The topological polar surface area (TPSA) is 90.4 Å². The van der Waals surface area contributed by atoms with Crippen LogP contribution in [0.25, 0.3) is 10.9 Å². The van der Waals surface area contributed by atoms with Crippen LogP contribution in [0.5, 0.6) is 0 Å². The summed E-state index contributed by atoms with van der Waals surface area (Å²) in [6.07, 6.45) is 0.754. The van der Waals surface area contributed by atoms with Crippen molar-refractivity contribution in [3.05, 3.63) is 30.1 Å². The Labute approximate surface area is 197 Å². The van der Waals surface area contributed by atoms with Gasteiger partial charge in [0.25, 0.3) is 0 Å². The van der Waals surface area contributed by atoms with E-state index in [0.717, 1.165) is 50.9 Å². The number of carbonyl (C=O) groups excluding carboxylic acids is 1. The zero-order valence-electron chi connectivity index (χ0n) is 19.5. The number of nitrogens with zero attached hydrogens (tertiary/aromatic N) is 3. The van der Waals surface area contributed by atoms with Gasteiger partial charge in [-0.2, -0.15) is 13.2 Å². The van der Waals surface area contributed by atoms with Gasteiger partial charge in [-0.3, -0.25) is 9.69 Å². The summed E-state index contributed by atoms with van der Waals surface area (Å²) in [4.78, 5) is 22.8. The highest BCUT2D eigenvalue weighted by Gasteiger charge is 2.37. The van der Waals surface area contributed by atoms with Crippen molar-refractivity contribution in [3.8, 4) is 0 Å². The lowest BCUT2D eigenvalue weighted by molar-refractivity contribution is -0.137. The first kappa shape index (κ1) is 24.7. The molecule has 2 heterocycles. The first-order valence-corrected chi connectivity index (χ1v) is 11.9. The second kappa shape index (κ2) is 10.0. The van der Waals surface area contributed by atoms with E-state index >= 15 is 0 Å². The van der Waals surface area contributed by atoms with Gasteiger partial charge in [0.1, 0.15) is 12.1 Å². The number of alkyl halides is 3. The number of benzene rings is 1. The Morgan fingerprint density at radius 2 is 1.88 bits per heavy atom. The van der Waals surface area contributed by atoms with Gasteiger partial charge < -0.3 is 15.7 Å². The average molecular weight is 480 g/mol. The van der Waals surface area contributed by atoms with E-state index < -0.39 is 11.7 Å². The minimum Gasteiger partial charge on any atom is -0.393 e. The van der Waals surface area contributed by atoms with Crippen LogP contribution in [0.1, 0.15) is 45.1 Å². The molecule has 34 heavy (non-hydrogen) atoms. The highest BCUT2D eigenvalue weighted by atomic mass is 19.4. The zero-order chi connectivity index (χ0) is 24.5. The van der Waals surface area contributed by atoms with Crippen molar-refractivity contribution in [3.63, 3.8) is 0 Å². The van der Waals surface area contributed by atoms with E-state index in [9.17, 15) is 23.1 Å². The number of aliphatic hydroxyl groups excluding tert-OH is 1. The van der Waals surface area contributed by atoms with Gasteiger partial charge in [-0.15, -0.1) is 0 Å². The molecule has 1 amide bonds. The molecule has 1 aromatic heterocycles. The Morgan fingerprint density at radius 1 is 1.18 bits per heavy atom. The number of aliphatic hydroxyl groups is 1. The third kappa shape index (κ3) is 5.60. The summed E-state index contributed by atoms with van der Waals surface area (Å²) in [6.45, 7) is 5.61. The SMILES string of the molecule is CC(C)[C@@H](O)[C@H]1CC[C@H](N2CC(NC(=O)CNc3ncnc4ccc(C(F)(F)F)cc34)C2)CC1. The third-order valence-electron chi connectivity index (χ3n) is 7.08. The molecule has 0 bridgehead atoms.